The Morgan fingerprint density at radius 2 is 0.953 bits per heavy atom. The molecule has 0 radical (unpaired) electrons. The molecule has 0 atom stereocenters. The third-order valence-corrected chi connectivity index (χ3v) is 8.28. The molecule has 43 heavy (non-hydrogen) atoms. The largest absolute Gasteiger partial charge is 0.456 e. The molecule has 8 aromatic carbocycles. The van der Waals surface area contributed by atoms with E-state index >= 15 is 0 Å². The highest BCUT2D eigenvalue weighted by Crippen LogP contribution is 2.46. The first-order valence-electron chi connectivity index (χ1n) is 18.1. The SMILES string of the molecule is [2H]c1c([2H])c([2H])c2c(-c3ccccc3-c3ccccc3)c3c([2H])c([2H])c([2H])c([2H])c3c(-c3ccc4c(c3)oc3cc5ccccc5cc34)c2c1[2H]. The minimum absolute atomic E-state index is 0.164. The van der Waals surface area contributed by atoms with Crippen LogP contribution in [0.2, 0.25) is 0 Å². The number of furan rings is 1. The van der Waals surface area contributed by atoms with Crippen LogP contribution in [-0.2, 0) is 0 Å². The van der Waals surface area contributed by atoms with E-state index in [2.05, 4.69) is 6.07 Å². The average molecular weight is 555 g/mol. The second kappa shape index (κ2) is 9.44. The van der Waals surface area contributed by atoms with E-state index in [0.717, 1.165) is 32.7 Å². The van der Waals surface area contributed by atoms with Crippen LogP contribution in [0.1, 0.15) is 11.0 Å². The highest BCUT2D eigenvalue weighted by Gasteiger charge is 2.19. The molecule has 0 saturated carbocycles. The van der Waals surface area contributed by atoms with Crippen molar-refractivity contribution in [3.8, 4) is 33.4 Å². The van der Waals surface area contributed by atoms with E-state index in [0.29, 0.717) is 27.9 Å². The summed E-state index contributed by atoms with van der Waals surface area (Å²) >= 11 is 0. The fourth-order valence-corrected chi connectivity index (χ4v) is 6.37. The molecule has 9 aromatic rings. The number of fused-ring (bicyclic) bond motifs is 6. The molecule has 0 aliphatic heterocycles. The van der Waals surface area contributed by atoms with Gasteiger partial charge in [-0.1, -0.05) is 133 Å². The van der Waals surface area contributed by atoms with Crippen molar-refractivity contribution >= 4 is 54.3 Å². The van der Waals surface area contributed by atoms with Crippen LogP contribution in [0.5, 0.6) is 0 Å². The molecule has 1 heteroatoms. The zero-order chi connectivity index (χ0) is 35.3. The molecule has 0 amide bonds. The van der Waals surface area contributed by atoms with Crippen molar-refractivity contribution in [2.75, 3.05) is 0 Å². The van der Waals surface area contributed by atoms with Gasteiger partial charge in [-0.3, -0.25) is 0 Å². The summed E-state index contributed by atoms with van der Waals surface area (Å²) in [5, 5.41) is 4.54. The van der Waals surface area contributed by atoms with Gasteiger partial charge in [-0.05, 0) is 90.0 Å². The quantitative estimate of drug-likeness (QED) is 0.198. The van der Waals surface area contributed by atoms with Crippen LogP contribution >= 0.6 is 0 Å². The molecule has 0 N–H and O–H groups in total. The molecular weight excluding hydrogens is 520 g/mol. The van der Waals surface area contributed by atoms with Crippen LogP contribution in [0.3, 0.4) is 0 Å². The van der Waals surface area contributed by atoms with Crippen molar-refractivity contribution < 1.29 is 15.4 Å². The molecule has 0 aliphatic rings. The van der Waals surface area contributed by atoms with Gasteiger partial charge in [-0.15, -0.1) is 0 Å². The summed E-state index contributed by atoms with van der Waals surface area (Å²) in [6.45, 7) is 0. The number of rotatable bonds is 3. The molecule has 0 bridgehead atoms. The van der Waals surface area contributed by atoms with Crippen LogP contribution in [0.25, 0.3) is 87.6 Å². The second-order valence-corrected chi connectivity index (χ2v) is 10.7. The Morgan fingerprint density at radius 1 is 0.395 bits per heavy atom. The molecule has 0 fully saturated rings. The van der Waals surface area contributed by atoms with Gasteiger partial charge in [0.15, 0.2) is 0 Å². The van der Waals surface area contributed by atoms with Gasteiger partial charge in [0.05, 0.1) is 11.0 Å². The number of hydrogen-bond acceptors (Lipinski definition) is 1. The Hall–Kier alpha value is -5.66. The Kier molecular flexibility index (Phi) is 3.80. The van der Waals surface area contributed by atoms with E-state index in [-0.39, 0.29) is 51.3 Å². The smallest absolute Gasteiger partial charge is 0.136 e. The highest BCUT2D eigenvalue weighted by molar-refractivity contribution is 6.23. The predicted octanol–water partition coefficient (Wildman–Crippen LogP) is 12.0. The fourth-order valence-electron chi connectivity index (χ4n) is 6.37. The zero-order valence-corrected chi connectivity index (χ0v) is 22.8. The van der Waals surface area contributed by atoms with Crippen LogP contribution in [-0.4, -0.2) is 0 Å². The lowest BCUT2D eigenvalue weighted by molar-refractivity contribution is 0.669. The van der Waals surface area contributed by atoms with Crippen molar-refractivity contribution in [3.63, 3.8) is 0 Å². The molecule has 0 saturated heterocycles. The minimum atomic E-state index is -0.437. The maximum atomic E-state index is 9.32. The molecule has 0 spiro atoms. The van der Waals surface area contributed by atoms with Gasteiger partial charge in [0.2, 0.25) is 0 Å². The van der Waals surface area contributed by atoms with Crippen molar-refractivity contribution in [2.24, 2.45) is 0 Å². The number of benzene rings is 8. The van der Waals surface area contributed by atoms with Crippen LogP contribution in [0.4, 0.5) is 0 Å². The van der Waals surface area contributed by atoms with Gasteiger partial charge in [-0.25, -0.2) is 0 Å². The lowest BCUT2D eigenvalue weighted by Gasteiger charge is -2.19. The molecular formula is C42H26O. The third-order valence-electron chi connectivity index (χ3n) is 8.28. The number of hydrogen-bond donors (Lipinski definition) is 0. The van der Waals surface area contributed by atoms with Gasteiger partial charge in [0, 0.05) is 10.8 Å². The summed E-state index contributed by atoms with van der Waals surface area (Å²) < 4.78 is 78.7. The average Bonchev–Trinajstić information content (AvgIpc) is 3.52. The van der Waals surface area contributed by atoms with E-state index < -0.39 is 24.2 Å². The summed E-state index contributed by atoms with van der Waals surface area (Å²) in [5.74, 6) is 0. The molecule has 200 valence electrons. The van der Waals surface area contributed by atoms with Crippen LogP contribution < -0.4 is 0 Å². The normalized spacial score (nSPS) is 14.3. The van der Waals surface area contributed by atoms with E-state index in [1.807, 2.05) is 97.1 Å². The fraction of sp³-hybridized carbons (Fsp3) is 0. The molecule has 0 aliphatic carbocycles. The maximum absolute atomic E-state index is 9.32. The van der Waals surface area contributed by atoms with Gasteiger partial charge in [0.25, 0.3) is 0 Å². The van der Waals surface area contributed by atoms with Crippen molar-refractivity contribution in [1.82, 2.24) is 0 Å². The summed E-state index contributed by atoms with van der Waals surface area (Å²) in [6.07, 6.45) is 0. The van der Waals surface area contributed by atoms with Gasteiger partial charge < -0.3 is 4.42 Å². The molecule has 0 unspecified atom stereocenters. The Bertz CT molecular complexity index is 2870. The summed E-state index contributed by atoms with van der Waals surface area (Å²) in [7, 11) is 0. The van der Waals surface area contributed by atoms with E-state index in [9.17, 15) is 5.48 Å². The maximum Gasteiger partial charge on any atom is 0.136 e. The first-order chi connectivity index (χ1) is 24.7. The topological polar surface area (TPSA) is 13.1 Å². The van der Waals surface area contributed by atoms with Crippen molar-refractivity contribution in [3.05, 3.63) is 158 Å². The molecule has 1 heterocycles. The monoisotopic (exact) mass is 554 g/mol. The van der Waals surface area contributed by atoms with E-state index in [4.69, 9.17) is 9.90 Å². The van der Waals surface area contributed by atoms with Gasteiger partial charge in [0.1, 0.15) is 11.2 Å². The molecule has 9 rings (SSSR count). The highest BCUT2D eigenvalue weighted by atomic mass is 16.3. The Balaban J connectivity index is 1.50. The summed E-state index contributed by atoms with van der Waals surface area (Å²) in [5.41, 5.74) is 4.52. The standard InChI is InChI=1S/C42H26O/c1-2-12-27(13-3-1)31-16-6-7-17-33(31)42-36-20-10-8-18-34(36)41(35-19-9-11-21-37(35)42)30-22-23-32-38-24-28-14-4-5-15-29(28)25-40(38)43-39(32)26-30/h1-26H/i8D,9D,10D,11D,18D,19D,20D,21D. The zero-order valence-electron chi connectivity index (χ0n) is 30.8. The third kappa shape index (κ3) is 3.72. The molecule has 1 aromatic heterocycles. The van der Waals surface area contributed by atoms with E-state index in [1.54, 1.807) is 6.07 Å². The Morgan fingerprint density at radius 3 is 1.65 bits per heavy atom. The van der Waals surface area contributed by atoms with Crippen molar-refractivity contribution in [1.29, 1.82) is 0 Å². The second-order valence-electron chi connectivity index (χ2n) is 10.7. The Labute approximate surface area is 260 Å². The predicted molar refractivity (Wildman–Crippen MR) is 183 cm³/mol. The summed E-state index contributed by atoms with van der Waals surface area (Å²) in [6, 6.07) is 31.7. The van der Waals surface area contributed by atoms with Crippen LogP contribution in [0, 0.1) is 0 Å². The lowest BCUT2D eigenvalue weighted by atomic mass is 9.84. The van der Waals surface area contributed by atoms with Crippen LogP contribution in [0.15, 0.2) is 162 Å². The van der Waals surface area contributed by atoms with Crippen molar-refractivity contribution in [2.45, 2.75) is 0 Å². The first kappa shape index (κ1) is 17.3. The minimum Gasteiger partial charge on any atom is -0.456 e. The van der Waals surface area contributed by atoms with E-state index in [1.165, 1.54) is 0 Å². The first-order valence-corrected chi connectivity index (χ1v) is 14.1. The van der Waals surface area contributed by atoms with Gasteiger partial charge in [-0.2, -0.15) is 0 Å². The molecule has 1 nitrogen and oxygen atoms in total. The lowest BCUT2D eigenvalue weighted by Crippen LogP contribution is -1.92. The van der Waals surface area contributed by atoms with Gasteiger partial charge >= 0.3 is 0 Å². The summed E-state index contributed by atoms with van der Waals surface area (Å²) in [4.78, 5) is 0.